The topological polar surface area (TPSA) is 3.24 Å². The average molecular weight is 1030 g/mol. The fourth-order valence-electron chi connectivity index (χ4n) is 15.1. The van der Waals surface area contributed by atoms with Gasteiger partial charge in [0, 0.05) is 17.1 Å². The van der Waals surface area contributed by atoms with E-state index < -0.39 is 10.8 Å². The number of anilines is 3. The Morgan fingerprint density at radius 2 is 0.469 bits per heavy atom. The molecule has 4 aliphatic rings. The van der Waals surface area contributed by atoms with Crippen LogP contribution in [0.3, 0.4) is 0 Å². The fourth-order valence-corrected chi connectivity index (χ4v) is 15.1. The maximum Gasteiger partial charge on any atom is 0.0725 e. The first-order valence-electron chi connectivity index (χ1n) is 28.3. The molecule has 13 aromatic rings. The van der Waals surface area contributed by atoms with Crippen molar-refractivity contribution >= 4 is 17.1 Å². The number of hydrogen-bond acceptors (Lipinski definition) is 1. The van der Waals surface area contributed by atoms with E-state index in [0.717, 1.165) is 17.1 Å². The summed E-state index contributed by atoms with van der Waals surface area (Å²) in [4.78, 5) is 2.39. The Hall–Kier alpha value is -10.3. The highest BCUT2D eigenvalue weighted by Crippen LogP contribution is 2.66. The molecule has 376 valence electrons. The van der Waals surface area contributed by atoms with E-state index in [9.17, 15) is 0 Å². The summed E-state index contributed by atoms with van der Waals surface area (Å²) in [5.74, 6) is 0. The molecule has 0 heterocycles. The first-order valence-corrected chi connectivity index (χ1v) is 28.3. The molecule has 13 aromatic carbocycles. The van der Waals surface area contributed by atoms with E-state index in [2.05, 4.69) is 314 Å². The van der Waals surface area contributed by atoms with E-state index in [1.807, 2.05) is 0 Å². The summed E-state index contributed by atoms with van der Waals surface area (Å²) in [7, 11) is 0. The zero-order chi connectivity index (χ0) is 53.2. The van der Waals surface area contributed by atoms with E-state index >= 15 is 0 Å². The number of para-hydroxylation sites is 1. The molecule has 0 amide bonds. The van der Waals surface area contributed by atoms with Gasteiger partial charge in [-0.1, -0.05) is 261 Å². The normalized spacial score (nSPS) is 16.0. The van der Waals surface area contributed by atoms with Crippen molar-refractivity contribution in [3.8, 4) is 89.0 Å². The molecule has 0 N–H and O–H groups in total. The number of benzene rings is 13. The van der Waals surface area contributed by atoms with Gasteiger partial charge in [-0.2, -0.15) is 0 Å². The standard InChI is InChI=1S/C80H51N/c1-4-20-52(21-5-1)56-42-48-65-63-26-10-14-32-69(63)79(75(65)50-56)71-34-16-12-28-67(71)77-61(30-18-36-73(77)79)54-38-44-59(45-39-54)81(58-24-8-3-9-25-58)60-46-40-55(41-47-60)62-31-19-37-74-78(62)68-29-13-17-35-72(68)80(74)70-33-15-11-27-64(70)66-49-43-57(51-76(66)80)53-22-6-2-7-23-53/h1-51H. The van der Waals surface area contributed by atoms with Gasteiger partial charge in [0.05, 0.1) is 10.8 Å². The maximum absolute atomic E-state index is 2.47. The smallest absolute Gasteiger partial charge is 0.0725 e. The predicted octanol–water partition coefficient (Wildman–Crippen LogP) is 20.5. The van der Waals surface area contributed by atoms with Crippen molar-refractivity contribution in [2.75, 3.05) is 4.90 Å². The minimum Gasteiger partial charge on any atom is -0.311 e. The molecule has 0 radical (unpaired) electrons. The molecule has 0 aliphatic heterocycles. The first-order chi connectivity index (χ1) is 40.2. The predicted molar refractivity (Wildman–Crippen MR) is 335 cm³/mol. The van der Waals surface area contributed by atoms with Crippen LogP contribution >= 0.6 is 0 Å². The minimum absolute atomic E-state index is 0.459. The van der Waals surface area contributed by atoms with Crippen molar-refractivity contribution in [2.24, 2.45) is 0 Å². The second-order valence-corrected chi connectivity index (χ2v) is 22.2. The van der Waals surface area contributed by atoms with Gasteiger partial charge < -0.3 is 4.90 Å². The lowest BCUT2D eigenvalue weighted by Gasteiger charge is -2.31. The van der Waals surface area contributed by atoms with Crippen LogP contribution < -0.4 is 4.90 Å². The molecule has 0 saturated carbocycles. The second-order valence-electron chi connectivity index (χ2n) is 22.2. The quantitative estimate of drug-likeness (QED) is 0.154. The van der Waals surface area contributed by atoms with Crippen LogP contribution in [0.2, 0.25) is 0 Å². The van der Waals surface area contributed by atoms with Crippen LogP contribution in [-0.4, -0.2) is 0 Å². The van der Waals surface area contributed by atoms with Gasteiger partial charge in [-0.05, 0) is 182 Å². The molecule has 81 heavy (non-hydrogen) atoms. The third kappa shape index (κ3) is 6.37. The summed E-state index contributed by atoms with van der Waals surface area (Å²) < 4.78 is 0. The Morgan fingerprint density at radius 1 is 0.173 bits per heavy atom. The van der Waals surface area contributed by atoms with Crippen LogP contribution in [-0.2, 0) is 10.8 Å². The number of rotatable bonds is 7. The Kier molecular flexibility index (Phi) is 9.91. The molecule has 0 fully saturated rings. The van der Waals surface area contributed by atoms with Crippen LogP contribution in [0.5, 0.6) is 0 Å². The van der Waals surface area contributed by atoms with Gasteiger partial charge in [-0.3, -0.25) is 0 Å². The highest BCUT2D eigenvalue weighted by molar-refractivity contribution is 6.03. The van der Waals surface area contributed by atoms with E-state index in [4.69, 9.17) is 0 Å². The van der Waals surface area contributed by atoms with Crippen molar-refractivity contribution in [2.45, 2.75) is 10.8 Å². The van der Waals surface area contributed by atoms with Crippen molar-refractivity contribution < 1.29 is 0 Å². The number of nitrogens with zero attached hydrogens (tertiary/aromatic N) is 1. The van der Waals surface area contributed by atoms with Crippen LogP contribution in [0, 0.1) is 0 Å². The van der Waals surface area contributed by atoms with E-state index in [0.29, 0.717) is 0 Å². The molecular formula is C80H51N. The second kappa shape index (κ2) is 17.6. The molecule has 4 aliphatic carbocycles. The summed E-state index contributed by atoms with van der Waals surface area (Å²) in [6, 6.07) is 116. The molecule has 0 aromatic heterocycles. The molecular weight excluding hydrogens is 975 g/mol. The number of hydrogen-bond donors (Lipinski definition) is 0. The zero-order valence-electron chi connectivity index (χ0n) is 44.4. The Balaban J connectivity index is 0.768. The Morgan fingerprint density at radius 3 is 0.889 bits per heavy atom. The van der Waals surface area contributed by atoms with Crippen molar-refractivity contribution in [1.29, 1.82) is 0 Å². The fraction of sp³-hybridized carbons (Fsp3) is 0.0250. The minimum atomic E-state index is -0.459. The van der Waals surface area contributed by atoms with Crippen molar-refractivity contribution in [1.82, 2.24) is 0 Å². The molecule has 1 nitrogen and oxygen atoms in total. The summed E-state index contributed by atoms with van der Waals surface area (Å²) in [6.45, 7) is 0. The van der Waals surface area contributed by atoms with E-state index in [1.54, 1.807) is 0 Å². The van der Waals surface area contributed by atoms with Gasteiger partial charge >= 0.3 is 0 Å². The summed E-state index contributed by atoms with van der Waals surface area (Å²) in [5, 5.41) is 0. The van der Waals surface area contributed by atoms with Crippen LogP contribution in [0.15, 0.2) is 309 Å². The molecule has 0 bridgehead atoms. The average Bonchev–Trinajstić information content (AvgIpc) is 4.40. The van der Waals surface area contributed by atoms with E-state index in [1.165, 1.54) is 134 Å². The highest BCUT2D eigenvalue weighted by atomic mass is 15.1. The van der Waals surface area contributed by atoms with Gasteiger partial charge in [0.25, 0.3) is 0 Å². The summed E-state index contributed by atoms with van der Waals surface area (Å²) >= 11 is 0. The lowest BCUT2D eigenvalue weighted by Crippen LogP contribution is -2.25. The first kappa shape index (κ1) is 45.7. The van der Waals surface area contributed by atoms with Crippen molar-refractivity contribution in [3.05, 3.63) is 354 Å². The summed E-state index contributed by atoms with van der Waals surface area (Å²) in [5.41, 5.74) is 33.4. The zero-order valence-corrected chi connectivity index (χ0v) is 44.4. The number of fused-ring (bicyclic) bond motifs is 20. The van der Waals surface area contributed by atoms with Gasteiger partial charge in [-0.25, -0.2) is 0 Å². The Bertz CT molecular complexity index is 4390. The molecule has 2 unspecified atom stereocenters. The van der Waals surface area contributed by atoms with Crippen molar-refractivity contribution in [3.63, 3.8) is 0 Å². The van der Waals surface area contributed by atoms with Gasteiger partial charge in [0.2, 0.25) is 0 Å². The SMILES string of the molecule is c1ccc(-c2ccc3c(c2)C2(c4ccccc4-3)c3ccccc3-c3c(-c4ccc(N(c5ccccc5)c5ccc(-c6cccc7c6-c6ccccc6C76c7ccccc7-c7ccc(-c8ccccc8)cc76)cc5)cc4)cccc32)cc1. The maximum atomic E-state index is 2.47. The van der Waals surface area contributed by atoms with E-state index in [-0.39, 0.29) is 0 Å². The molecule has 17 rings (SSSR count). The van der Waals surface area contributed by atoms with Crippen LogP contribution in [0.1, 0.15) is 44.5 Å². The Labute approximate surface area is 473 Å². The summed E-state index contributed by atoms with van der Waals surface area (Å²) in [6.07, 6.45) is 0. The third-order valence-corrected chi connectivity index (χ3v) is 18.3. The third-order valence-electron chi connectivity index (χ3n) is 18.3. The highest BCUT2D eigenvalue weighted by Gasteiger charge is 2.54. The monoisotopic (exact) mass is 1030 g/mol. The van der Waals surface area contributed by atoms with Gasteiger partial charge in [-0.15, -0.1) is 0 Å². The largest absolute Gasteiger partial charge is 0.311 e. The molecule has 2 atom stereocenters. The van der Waals surface area contributed by atoms with Crippen LogP contribution in [0.4, 0.5) is 17.1 Å². The molecule has 2 spiro atoms. The molecule has 0 saturated heterocycles. The molecule has 1 heteroatoms. The van der Waals surface area contributed by atoms with Gasteiger partial charge in [0.15, 0.2) is 0 Å². The van der Waals surface area contributed by atoms with Crippen LogP contribution in [0.25, 0.3) is 89.0 Å². The lowest BCUT2D eigenvalue weighted by atomic mass is 9.70. The van der Waals surface area contributed by atoms with Gasteiger partial charge in [0.1, 0.15) is 0 Å². The lowest BCUT2D eigenvalue weighted by molar-refractivity contribution is 0.794.